The molecule has 0 saturated carbocycles. The third-order valence-corrected chi connectivity index (χ3v) is 5.66. The molecular formula is C20H21N3O2S. The highest BCUT2D eigenvalue weighted by molar-refractivity contribution is 7.17. The third kappa shape index (κ3) is 2.94. The highest BCUT2D eigenvalue weighted by Crippen LogP contribution is 2.38. The van der Waals surface area contributed by atoms with Gasteiger partial charge in [-0.2, -0.15) is 5.10 Å². The summed E-state index contributed by atoms with van der Waals surface area (Å²) in [6.45, 7) is 4.17. The maximum atomic E-state index is 12.5. The van der Waals surface area contributed by atoms with Crippen molar-refractivity contribution in [3.8, 4) is 10.6 Å². The van der Waals surface area contributed by atoms with Crippen molar-refractivity contribution in [3.63, 3.8) is 0 Å². The van der Waals surface area contributed by atoms with Crippen LogP contribution in [0.25, 0.3) is 21.7 Å². The molecule has 26 heavy (non-hydrogen) atoms. The van der Waals surface area contributed by atoms with E-state index in [0.29, 0.717) is 11.5 Å². The van der Waals surface area contributed by atoms with Crippen molar-refractivity contribution in [2.24, 2.45) is 0 Å². The Labute approximate surface area is 156 Å². The van der Waals surface area contributed by atoms with Gasteiger partial charge in [-0.05, 0) is 57.2 Å². The number of aryl methyl sites for hydroxylation is 1. The maximum Gasteiger partial charge on any atom is 0.350 e. The molecule has 0 saturated heterocycles. The van der Waals surface area contributed by atoms with Gasteiger partial charge in [0.1, 0.15) is 9.88 Å². The van der Waals surface area contributed by atoms with E-state index in [1.165, 1.54) is 17.8 Å². The molecule has 0 spiro atoms. The lowest BCUT2D eigenvalue weighted by Gasteiger charge is -2.11. The van der Waals surface area contributed by atoms with Crippen molar-refractivity contribution in [2.75, 3.05) is 6.61 Å². The molecule has 3 aromatic heterocycles. The zero-order valence-electron chi connectivity index (χ0n) is 15.0. The molecule has 0 atom stereocenters. The van der Waals surface area contributed by atoms with Gasteiger partial charge in [-0.1, -0.05) is 12.1 Å². The lowest BCUT2D eigenvalue weighted by molar-refractivity contribution is 0.0531. The van der Waals surface area contributed by atoms with Crippen molar-refractivity contribution in [1.29, 1.82) is 0 Å². The van der Waals surface area contributed by atoms with Crippen LogP contribution < -0.4 is 0 Å². The van der Waals surface area contributed by atoms with Crippen LogP contribution in [0.1, 0.15) is 53.7 Å². The molecule has 0 aliphatic heterocycles. The van der Waals surface area contributed by atoms with Gasteiger partial charge in [0, 0.05) is 6.20 Å². The summed E-state index contributed by atoms with van der Waals surface area (Å²) >= 11 is 1.41. The van der Waals surface area contributed by atoms with Crippen LogP contribution in [0.15, 0.2) is 30.5 Å². The Hall–Kier alpha value is -2.47. The fraction of sp³-hybridized carbons (Fsp3) is 0.350. The monoisotopic (exact) mass is 367 g/mol. The third-order valence-electron chi connectivity index (χ3n) is 4.61. The number of fused-ring (bicyclic) bond motifs is 1. The van der Waals surface area contributed by atoms with Gasteiger partial charge in [-0.3, -0.25) is 0 Å². The Morgan fingerprint density at radius 3 is 3.00 bits per heavy atom. The molecule has 3 aromatic rings. The van der Waals surface area contributed by atoms with Gasteiger partial charge in [-0.15, -0.1) is 11.3 Å². The molecule has 5 nitrogen and oxygen atoms in total. The molecule has 0 bridgehead atoms. The molecule has 4 rings (SSSR count). The summed E-state index contributed by atoms with van der Waals surface area (Å²) in [5, 5.41) is 5.40. The Morgan fingerprint density at radius 1 is 1.35 bits per heavy atom. The van der Waals surface area contributed by atoms with Gasteiger partial charge in [0.25, 0.3) is 0 Å². The van der Waals surface area contributed by atoms with Crippen LogP contribution in [0.4, 0.5) is 0 Å². The topological polar surface area (TPSA) is 56.5 Å². The lowest BCUT2D eigenvalue weighted by Crippen LogP contribution is -2.06. The average molecular weight is 367 g/mol. The summed E-state index contributed by atoms with van der Waals surface area (Å²) in [7, 11) is 0. The van der Waals surface area contributed by atoms with Crippen molar-refractivity contribution < 1.29 is 9.53 Å². The molecule has 0 amide bonds. The van der Waals surface area contributed by atoms with Crippen molar-refractivity contribution >= 4 is 28.4 Å². The predicted octanol–water partition coefficient (Wildman–Crippen LogP) is 4.90. The Balaban J connectivity index is 1.88. The summed E-state index contributed by atoms with van der Waals surface area (Å²) in [4.78, 5) is 18.0. The number of carbonyl (C=O) groups is 1. The van der Waals surface area contributed by atoms with Crippen LogP contribution in [0.5, 0.6) is 0 Å². The van der Waals surface area contributed by atoms with Gasteiger partial charge >= 0.3 is 5.97 Å². The van der Waals surface area contributed by atoms with E-state index in [1.807, 2.05) is 42.8 Å². The largest absolute Gasteiger partial charge is 0.462 e. The zero-order valence-corrected chi connectivity index (χ0v) is 15.8. The van der Waals surface area contributed by atoms with Gasteiger partial charge in [-0.25, -0.2) is 14.3 Å². The second-order valence-electron chi connectivity index (χ2n) is 6.38. The second-order valence-corrected chi connectivity index (χ2v) is 7.38. The molecule has 0 aromatic carbocycles. The summed E-state index contributed by atoms with van der Waals surface area (Å²) in [5.74, 6) is -0.285. The van der Waals surface area contributed by atoms with E-state index in [1.54, 1.807) is 0 Å². The van der Waals surface area contributed by atoms with E-state index >= 15 is 0 Å². The lowest BCUT2D eigenvalue weighted by atomic mass is 9.96. The minimum Gasteiger partial charge on any atom is -0.462 e. The first kappa shape index (κ1) is 17.0. The van der Waals surface area contributed by atoms with Crippen LogP contribution in [0.2, 0.25) is 0 Å². The van der Waals surface area contributed by atoms with E-state index in [9.17, 15) is 4.79 Å². The number of esters is 1. The number of aromatic nitrogens is 3. The standard InChI is InChI=1S/C20H21N3O2S/c1-3-25-20(24)18-17(14-9-5-4-6-10-14)21-19(26-18)16-13(2)22-23-12-8-7-11-15(16)23/h7-9,11-12H,3-6,10H2,1-2H3. The number of rotatable bonds is 4. The summed E-state index contributed by atoms with van der Waals surface area (Å²) in [6, 6.07) is 5.97. The summed E-state index contributed by atoms with van der Waals surface area (Å²) in [5.41, 5.74) is 4.85. The first-order valence-corrected chi connectivity index (χ1v) is 9.82. The van der Waals surface area contributed by atoms with E-state index in [4.69, 9.17) is 9.72 Å². The van der Waals surface area contributed by atoms with Gasteiger partial charge < -0.3 is 4.74 Å². The zero-order chi connectivity index (χ0) is 18.1. The molecule has 0 unspecified atom stereocenters. The van der Waals surface area contributed by atoms with Crippen molar-refractivity contribution in [3.05, 3.63) is 46.7 Å². The number of hydrogen-bond acceptors (Lipinski definition) is 5. The SMILES string of the molecule is CCOC(=O)c1sc(-c2c(C)nn3ccccc23)nc1C1=CCCCC1. The number of carbonyl (C=O) groups excluding carboxylic acids is 1. The van der Waals surface area contributed by atoms with Gasteiger partial charge in [0.05, 0.1) is 29.1 Å². The molecular weight excluding hydrogens is 346 g/mol. The van der Waals surface area contributed by atoms with Crippen molar-refractivity contribution in [1.82, 2.24) is 14.6 Å². The number of allylic oxidation sites excluding steroid dienone is 2. The van der Waals surface area contributed by atoms with Gasteiger partial charge in [0.2, 0.25) is 0 Å². The predicted molar refractivity (Wildman–Crippen MR) is 103 cm³/mol. The van der Waals surface area contributed by atoms with E-state index in [2.05, 4.69) is 11.2 Å². The van der Waals surface area contributed by atoms with Crippen LogP contribution in [-0.2, 0) is 4.74 Å². The molecule has 3 heterocycles. The Morgan fingerprint density at radius 2 is 2.23 bits per heavy atom. The van der Waals surface area contributed by atoms with Crippen molar-refractivity contribution in [2.45, 2.75) is 39.5 Å². The van der Waals surface area contributed by atoms with E-state index < -0.39 is 0 Å². The molecule has 0 N–H and O–H groups in total. The Bertz CT molecular complexity index is 1000. The molecule has 0 radical (unpaired) electrons. The maximum absolute atomic E-state index is 12.5. The minimum absolute atomic E-state index is 0.285. The van der Waals surface area contributed by atoms with Crippen LogP contribution in [-0.4, -0.2) is 27.2 Å². The summed E-state index contributed by atoms with van der Waals surface area (Å²) in [6.07, 6.45) is 8.48. The van der Waals surface area contributed by atoms with Crippen LogP contribution in [0.3, 0.4) is 0 Å². The highest BCUT2D eigenvalue weighted by atomic mass is 32.1. The average Bonchev–Trinajstić information content (AvgIpc) is 3.23. The molecule has 1 aliphatic rings. The fourth-order valence-corrected chi connectivity index (χ4v) is 4.51. The molecule has 134 valence electrons. The molecule has 6 heteroatoms. The number of hydrogen-bond donors (Lipinski definition) is 0. The quantitative estimate of drug-likeness (QED) is 0.616. The number of nitrogens with zero attached hydrogens (tertiary/aromatic N) is 3. The first-order chi connectivity index (χ1) is 12.7. The highest BCUT2D eigenvalue weighted by Gasteiger charge is 2.25. The summed E-state index contributed by atoms with van der Waals surface area (Å²) < 4.78 is 7.15. The molecule has 1 aliphatic carbocycles. The van der Waals surface area contributed by atoms with E-state index in [0.717, 1.165) is 52.3 Å². The first-order valence-electron chi connectivity index (χ1n) is 9.00. The number of pyridine rings is 1. The normalized spacial score (nSPS) is 14.5. The van der Waals surface area contributed by atoms with E-state index in [-0.39, 0.29) is 5.97 Å². The van der Waals surface area contributed by atoms with Crippen LogP contribution >= 0.6 is 11.3 Å². The smallest absolute Gasteiger partial charge is 0.350 e. The Kier molecular flexibility index (Phi) is 4.59. The number of ether oxygens (including phenoxy) is 1. The molecule has 0 fully saturated rings. The minimum atomic E-state index is -0.285. The van der Waals surface area contributed by atoms with Gasteiger partial charge in [0.15, 0.2) is 0 Å². The van der Waals surface area contributed by atoms with Crippen LogP contribution in [0, 0.1) is 6.92 Å². The second kappa shape index (κ2) is 7.03. The fourth-order valence-electron chi connectivity index (χ4n) is 3.41. The number of thiazole rings is 1.